The van der Waals surface area contributed by atoms with E-state index in [1.165, 1.54) is 5.56 Å². The number of aryl methyl sites for hydroxylation is 1. The number of carbonyl (C=O) groups is 1. The second-order valence-corrected chi connectivity index (χ2v) is 5.90. The van der Waals surface area contributed by atoms with Crippen LogP contribution in [0, 0.1) is 6.92 Å². The number of rotatable bonds is 2. The van der Waals surface area contributed by atoms with Crippen LogP contribution in [-0.4, -0.2) is 16.8 Å². The molecule has 20 heavy (non-hydrogen) atoms. The molecule has 0 saturated heterocycles. The summed E-state index contributed by atoms with van der Waals surface area (Å²) in [4.78, 5) is 12.2. The molecule has 0 saturated carbocycles. The zero-order valence-corrected chi connectivity index (χ0v) is 11.9. The number of benzene rings is 2. The van der Waals surface area contributed by atoms with E-state index in [9.17, 15) is 4.79 Å². The number of hydrogen-bond donors (Lipinski definition) is 1. The molecule has 0 atom stereocenters. The minimum Gasteiger partial charge on any atom is -0.478 e. The van der Waals surface area contributed by atoms with Crippen molar-refractivity contribution in [1.29, 1.82) is 0 Å². The molecule has 1 aliphatic heterocycles. The third-order valence-electron chi connectivity index (χ3n) is 3.38. The average molecular weight is 282 g/mol. The first-order valence-electron chi connectivity index (χ1n) is 6.41. The Morgan fingerprint density at radius 3 is 2.50 bits per heavy atom. The van der Waals surface area contributed by atoms with Crippen LogP contribution in [0.25, 0.3) is 17.2 Å². The van der Waals surface area contributed by atoms with E-state index in [0.717, 1.165) is 21.6 Å². The second kappa shape index (κ2) is 5.17. The molecule has 0 radical (unpaired) electrons. The van der Waals surface area contributed by atoms with E-state index in [4.69, 9.17) is 5.11 Å². The fraction of sp³-hybridized carbons (Fsp3) is 0.118. The Bertz CT molecular complexity index is 699. The molecule has 0 bridgehead atoms. The van der Waals surface area contributed by atoms with Crippen molar-refractivity contribution in [3.05, 3.63) is 59.2 Å². The van der Waals surface area contributed by atoms with Crippen LogP contribution in [0.15, 0.2) is 52.9 Å². The van der Waals surface area contributed by atoms with Gasteiger partial charge >= 0.3 is 5.97 Å². The van der Waals surface area contributed by atoms with Crippen molar-refractivity contribution in [3.8, 4) is 11.1 Å². The number of carboxylic acid groups (broad SMARTS) is 1. The Kier molecular flexibility index (Phi) is 3.36. The van der Waals surface area contributed by atoms with Gasteiger partial charge in [-0.05, 0) is 41.8 Å². The predicted octanol–water partition coefficient (Wildman–Crippen LogP) is 4.24. The monoisotopic (exact) mass is 282 g/mol. The van der Waals surface area contributed by atoms with E-state index in [-0.39, 0.29) is 0 Å². The van der Waals surface area contributed by atoms with E-state index in [0.29, 0.717) is 11.3 Å². The summed E-state index contributed by atoms with van der Waals surface area (Å²) < 4.78 is 0. The lowest BCUT2D eigenvalue weighted by molar-refractivity contribution is -0.132. The fourth-order valence-electron chi connectivity index (χ4n) is 2.23. The van der Waals surface area contributed by atoms with Crippen molar-refractivity contribution >= 4 is 23.8 Å². The van der Waals surface area contributed by atoms with Crippen LogP contribution >= 0.6 is 11.8 Å². The smallest absolute Gasteiger partial charge is 0.332 e. The molecular formula is C17H14O2S. The molecule has 2 aromatic rings. The summed E-state index contributed by atoms with van der Waals surface area (Å²) in [5.74, 6) is -0.296. The standard InChI is InChI=1S/C17H14O2S/c1-11-2-4-12(5-3-11)13-6-7-16-14(8-13)9-15(10-20-16)17(18)19/h2-9H,10H2,1H3,(H,18,19). The highest BCUT2D eigenvalue weighted by Gasteiger charge is 2.16. The first-order valence-corrected chi connectivity index (χ1v) is 7.40. The highest BCUT2D eigenvalue weighted by Crippen LogP contribution is 2.34. The molecule has 3 heteroatoms. The van der Waals surface area contributed by atoms with E-state index in [1.54, 1.807) is 17.8 Å². The number of carboxylic acids is 1. The van der Waals surface area contributed by atoms with Gasteiger partial charge in [0.15, 0.2) is 0 Å². The SMILES string of the molecule is Cc1ccc(-c2ccc3c(c2)C=C(C(=O)O)CS3)cc1. The summed E-state index contributed by atoms with van der Waals surface area (Å²) >= 11 is 1.58. The quantitative estimate of drug-likeness (QED) is 0.895. The maximum atomic E-state index is 11.1. The summed E-state index contributed by atoms with van der Waals surface area (Å²) in [6.07, 6.45) is 1.78. The Morgan fingerprint density at radius 2 is 1.80 bits per heavy atom. The van der Waals surface area contributed by atoms with Gasteiger partial charge in [-0.1, -0.05) is 35.9 Å². The molecule has 2 aromatic carbocycles. The van der Waals surface area contributed by atoms with Crippen LogP contribution in [0.4, 0.5) is 0 Å². The first-order chi connectivity index (χ1) is 9.63. The largest absolute Gasteiger partial charge is 0.478 e. The number of aliphatic carboxylic acids is 1. The predicted molar refractivity (Wildman–Crippen MR) is 83.0 cm³/mol. The van der Waals surface area contributed by atoms with Crippen LogP contribution in [0.3, 0.4) is 0 Å². The lowest BCUT2D eigenvalue weighted by Gasteiger charge is -2.15. The van der Waals surface area contributed by atoms with Crippen molar-refractivity contribution < 1.29 is 9.90 Å². The minimum atomic E-state index is -0.830. The van der Waals surface area contributed by atoms with Gasteiger partial charge in [-0.3, -0.25) is 0 Å². The van der Waals surface area contributed by atoms with Crippen molar-refractivity contribution in [3.63, 3.8) is 0 Å². The van der Waals surface area contributed by atoms with E-state index in [1.807, 2.05) is 0 Å². The van der Waals surface area contributed by atoms with Gasteiger partial charge < -0.3 is 5.11 Å². The third kappa shape index (κ3) is 2.49. The Labute approximate surface area is 122 Å². The molecular weight excluding hydrogens is 268 g/mol. The summed E-state index contributed by atoms with van der Waals surface area (Å²) in [6.45, 7) is 2.06. The van der Waals surface area contributed by atoms with Gasteiger partial charge in [0.1, 0.15) is 0 Å². The summed E-state index contributed by atoms with van der Waals surface area (Å²) in [5, 5.41) is 9.10. The van der Waals surface area contributed by atoms with Gasteiger partial charge in [-0.2, -0.15) is 0 Å². The molecule has 1 N–H and O–H groups in total. The maximum absolute atomic E-state index is 11.1. The van der Waals surface area contributed by atoms with Crippen molar-refractivity contribution in [2.45, 2.75) is 11.8 Å². The van der Waals surface area contributed by atoms with Gasteiger partial charge in [0, 0.05) is 16.2 Å². The molecule has 100 valence electrons. The topological polar surface area (TPSA) is 37.3 Å². The van der Waals surface area contributed by atoms with E-state index < -0.39 is 5.97 Å². The fourth-order valence-corrected chi connectivity index (χ4v) is 3.19. The summed E-state index contributed by atoms with van der Waals surface area (Å²) in [5.41, 5.74) is 4.96. The van der Waals surface area contributed by atoms with Crippen molar-refractivity contribution in [1.82, 2.24) is 0 Å². The first kappa shape index (κ1) is 13.0. The van der Waals surface area contributed by atoms with Gasteiger partial charge in [-0.15, -0.1) is 11.8 Å². The van der Waals surface area contributed by atoms with Gasteiger partial charge in [0.05, 0.1) is 0 Å². The van der Waals surface area contributed by atoms with Crippen LogP contribution in [0.1, 0.15) is 11.1 Å². The summed E-state index contributed by atoms with van der Waals surface area (Å²) in [6, 6.07) is 14.6. The second-order valence-electron chi connectivity index (χ2n) is 4.88. The summed E-state index contributed by atoms with van der Waals surface area (Å²) in [7, 11) is 0. The zero-order chi connectivity index (χ0) is 14.1. The molecule has 2 nitrogen and oxygen atoms in total. The zero-order valence-electron chi connectivity index (χ0n) is 11.1. The highest BCUT2D eigenvalue weighted by molar-refractivity contribution is 7.99. The lowest BCUT2D eigenvalue weighted by Crippen LogP contribution is -2.06. The van der Waals surface area contributed by atoms with Crippen LogP contribution in [0.5, 0.6) is 0 Å². The highest BCUT2D eigenvalue weighted by atomic mass is 32.2. The molecule has 0 unspecified atom stereocenters. The molecule has 3 rings (SSSR count). The van der Waals surface area contributed by atoms with Gasteiger partial charge in [0.2, 0.25) is 0 Å². The Morgan fingerprint density at radius 1 is 1.10 bits per heavy atom. The van der Waals surface area contributed by atoms with E-state index >= 15 is 0 Å². The van der Waals surface area contributed by atoms with Crippen molar-refractivity contribution in [2.24, 2.45) is 0 Å². The molecule has 1 heterocycles. The van der Waals surface area contributed by atoms with E-state index in [2.05, 4.69) is 49.4 Å². The maximum Gasteiger partial charge on any atom is 0.332 e. The number of hydrogen-bond acceptors (Lipinski definition) is 2. The molecule has 0 aliphatic carbocycles. The lowest BCUT2D eigenvalue weighted by atomic mass is 10.0. The molecule has 0 fully saturated rings. The Hall–Kier alpha value is -2.00. The number of thioether (sulfide) groups is 1. The average Bonchev–Trinajstić information content (AvgIpc) is 2.47. The van der Waals surface area contributed by atoms with Crippen LogP contribution in [0.2, 0.25) is 0 Å². The van der Waals surface area contributed by atoms with Gasteiger partial charge in [0.25, 0.3) is 0 Å². The Balaban J connectivity index is 2.03. The normalized spacial score (nSPS) is 13.6. The molecule has 0 amide bonds. The van der Waals surface area contributed by atoms with Crippen molar-refractivity contribution in [2.75, 3.05) is 5.75 Å². The molecule has 0 spiro atoms. The van der Waals surface area contributed by atoms with Crippen LogP contribution < -0.4 is 0 Å². The third-order valence-corrected chi connectivity index (χ3v) is 4.52. The van der Waals surface area contributed by atoms with Crippen LogP contribution in [-0.2, 0) is 4.79 Å². The molecule has 1 aliphatic rings. The van der Waals surface area contributed by atoms with Gasteiger partial charge in [-0.25, -0.2) is 4.79 Å². The minimum absolute atomic E-state index is 0.462. The molecule has 0 aromatic heterocycles. The number of fused-ring (bicyclic) bond motifs is 1.